The van der Waals surface area contributed by atoms with Crippen LogP contribution in [-0.2, 0) is 20.8 Å². The van der Waals surface area contributed by atoms with E-state index in [9.17, 15) is 24.3 Å². The molecule has 1 aliphatic rings. The van der Waals surface area contributed by atoms with Gasteiger partial charge in [0.05, 0.1) is 6.04 Å². The Kier molecular flexibility index (Phi) is 15.4. The Labute approximate surface area is 297 Å². The minimum atomic E-state index is -0.994. The van der Waals surface area contributed by atoms with Crippen molar-refractivity contribution >= 4 is 34.8 Å². The van der Waals surface area contributed by atoms with Gasteiger partial charge in [-0.05, 0) is 68.5 Å². The molecule has 0 fully saturated rings. The fourth-order valence-electron chi connectivity index (χ4n) is 6.83. The molecule has 1 aliphatic carbocycles. The number of aliphatic hydroxyl groups excluding tert-OH is 1. The van der Waals surface area contributed by atoms with Gasteiger partial charge in [0, 0.05) is 36.3 Å². The normalized spacial score (nSPS) is 19.0. The summed E-state index contributed by atoms with van der Waals surface area (Å²) in [4.78, 5) is 59.7. The van der Waals surface area contributed by atoms with Crippen molar-refractivity contribution < 1.29 is 24.3 Å². The molecule has 272 valence electrons. The summed E-state index contributed by atoms with van der Waals surface area (Å²) in [5.41, 5.74) is 2.31. The number of rotatable bonds is 18. The van der Waals surface area contributed by atoms with Gasteiger partial charge < -0.3 is 26.0 Å². The lowest BCUT2D eigenvalue weighted by atomic mass is 9.78. The van der Waals surface area contributed by atoms with Gasteiger partial charge in [-0.2, -0.15) is 0 Å². The number of thiazole rings is 1. The van der Waals surface area contributed by atoms with Crippen molar-refractivity contribution in [3.8, 4) is 0 Å². The Balaban J connectivity index is 1.76. The fourth-order valence-corrected chi connectivity index (χ4v) is 7.63. The van der Waals surface area contributed by atoms with Gasteiger partial charge in [-0.3, -0.25) is 19.2 Å². The lowest BCUT2D eigenvalue weighted by Crippen LogP contribution is -2.58. The Morgan fingerprint density at radius 1 is 1.06 bits per heavy atom. The first-order chi connectivity index (χ1) is 23.2. The van der Waals surface area contributed by atoms with Gasteiger partial charge >= 0.3 is 0 Å². The number of amides is 3. The number of likely N-dealkylation sites (N-methyl/N-ethyl adjacent to an activating group) is 1. The third kappa shape index (κ3) is 10.7. The maximum Gasteiger partial charge on any atom is 0.270 e. The Bertz CT molecular complexity index is 1410. The summed E-state index contributed by atoms with van der Waals surface area (Å²) in [7, 11) is 1.76. The summed E-state index contributed by atoms with van der Waals surface area (Å²) in [6, 6.07) is 6.24. The zero-order chi connectivity index (χ0) is 36.4. The number of benzene rings is 1. The number of carbonyl (C=O) groups excluding carboxylic acids is 4. The van der Waals surface area contributed by atoms with Crippen LogP contribution in [0, 0.1) is 17.8 Å². The highest BCUT2D eigenvalue weighted by Gasteiger charge is 2.37. The molecular weight excluding hydrogens is 639 g/mol. The van der Waals surface area contributed by atoms with E-state index in [2.05, 4.69) is 34.8 Å². The van der Waals surface area contributed by atoms with E-state index < -0.39 is 18.2 Å². The third-order valence-corrected chi connectivity index (χ3v) is 10.8. The van der Waals surface area contributed by atoms with Gasteiger partial charge in [0.1, 0.15) is 28.6 Å². The highest BCUT2D eigenvalue weighted by atomic mass is 32.1. The van der Waals surface area contributed by atoms with Crippen LogP contribution in [0.15, 0.2) is 29.6 Å². The molecule has 3 amide bonds. The number of nitrogens with zero attached hydrogens (tertiary/aromatic N) is 2. The van der Waals surface area contributed by atoms with E-state index in [0.29, 0.717) is 43.2 Å². The largest absolute Gasteiger partial charge is 0.386 e. The average Bonchev–Trinajstić information content (AvgIpc) is 3.57. The van der Waals surface area contributed by atoms with E-state index in [4.69, 9.17) is 0 Å². The Hall–Kier alpha value is -3.15. The van der Waals surface area contributed by atoms with Crippen LogP contribution < -0.4 is 16.0 Å². The molecule has 0 saturated carbocycles. The predicted octanol–water partition coefficient (Wildman–Crippen LogP) is 5.41. The smallest absolute Gasteiger partial charge is 0.270 e. The first-order valence-corrected chi connectivity index (χ1v) is 18.9. The molecule has 2 aromatic rings. The maximum atomic E-state index is 14.3. The van der Waals surface area contributed by atoms with Gasteiger partial charge in [0.2, 0.25) is 11.8 Å². The van der Waals surface area contributed by atoms with Crippen LogP contribution >= 0.6 is 11.3 Å². The van der Waals surface area contributed by atoms with E-state index >= 15 is 0 Å². The summed E-state index contributed by atoms with van der Waals surface area (Å²) in [6.07, 6.45) is 2.50. The standard InChI is InChI=1S/C38H59N5O5S/c1-10-16-43(38(48)34(24(7)11-2)42-35(46)30(39-9)17-22(3)4)32(23(5)6)20-33(45)37-41-31(21-49-37)36(47)40-27-18-26-14-12-13-15-28(26)29(19-27)25(8)44/h12-15,21-24,27,29-30,32-34,39,45H,10-11,16-20H2,1-9H3,(H,40,47)(H,42,46). The molecule has 1 heterocycles. The monoisotopic (exact) mass is 697 g/mol. The molecule has 4 N–H and O–H groups in total. The predicted molar refractivity (Wildman–Crippen MR) is 195 cm³/mol. The molecule has 1 aromatic carbocycles. The highest BCUT2D eigenvalue weighted by Crippen LogP contribution is 2.33. The van der Waals surface area contributed by atoms with Crippen molar-refractivity contribution in [2.75, 3.05) is 13.6 Å². The van der Waals surface area contributed by atoms with Gasteiger partial charge in [0.25, 0.3) is 5.91 Å². The molecule has 0 radical (unpaired) electrons. The van der Waals surface area contributed by atoms with Crippen molar-refractivity contribution in [1.82, 2.24) is 25.8 Å². The second-order valence-electron chi connectivity index (χ2n) is 14.5. The number of nitrogens with one attached hydrogen (secondary N) is 3. The minimum absolute atomic E-state index is 0.00978. The van der Waals surface area contributed by atoms with Gasteiger partial charge in [-0.15, -0.1) is 11.3 Å². The fraction of sp³-hybridized carbons (Fsp3) is 0.658. The summed E-state index contributed by atoms with van der Waals surface area (Å²) in [5.74, 6) is -0.624. The average molecular weight is 698 g/mol. The maximum absolute atomic E-state index is 14.3. The van der Waals surface area contributed by atoms with Crippen molar-refractivity contribution in [2.45, 2.75) is 130 Å². The number of aromatic nitrogens is 1. The lowest BCUT2D eigenvalue weighted by molar-refractivity contribution is -0.142. The van der Waals surface area contributed by atoms with Crippen molar-refractivity contribution in [1.29, 1.82) is 0 Å². The second kappa shape index (κ2) is 18.7. The van der Waals surface area contributed by atoms with Gasteiger partial charge in [0.15, 0.2) is 0 Å². The number of Topliss-reactive ketones (excluding diaryl/α,β-unsaturated/α-hetero) is 1. The molecule has 3 rings (SSSR count). The van der Waals surface area contributed by atoms with Crippen molar-refractivity contribution in [3.05, 3.63) is 51.5 Å². The summed E-state index contributed by atoms with van der Waals surface area (Å²) in [6.45, 7) is 16.3. The number of hydrogen-bond acceptors (Lipinski definition) is 8. The molecule has 0 bridgehead atoms. The third-order valence-electron chi connectivity index (χ3n) is 9.81. The number of carbonyl (C=O) groups is 4. The molecule has 49 heavy (non-hydrogen) atoms. The number of aliphatic hydroxyl groups is 1. The van der Waals surface area contributed by atoms with Crippen molar-refractivity contribution in [3.63, 3.8) is 0 Å². The molecule has 11 heteroatoms. The van der Waals surface area contributed by atoms with Gasteiger partial charge in [-0.25, -0.2) is 4.98 Å². The SMILES string of the molecule is CCCN(C(=O)C(NC(=O)C(CC(C)C)NC)C(C)CC)C(CC(O)c1nc(C(=O)NC2Cc3ccccc3C(C(C)=O)C2)cs1)C(C)C. The molecule has 0 spiro atoms. The first-order valence-electron chi connectivity index (χ1n) is 18.0. The quantitative estimate of drug-likeness (QED) is 0.163. The topological polar surface area (TPSA) is 141 Å². The number of fused-ring (bicyclic) bond motifs is 1. The minimum Gasteiger partial charge on any atom is -0.386 e. The van der Waals surface area contributed by atoms with E-state index in [1.165, 1.54) is 11.3 Å². The second-order valence-corrected chi connectivity index (χ2v) is 15.4. The molecule has 7 unspecified atom stereocenters. The molecule has 7 atom stereocenters. The molecule has 1 aromatic heterocycles. The van der Waals surface area contributed by atoms with Crippen LogP contribution in [0.4, 0.5) is 0 Å². The van der Waals surface area contributed by atoms with Crippen LogP contribution in [0.2, 0.25) is 0 Å². The first kappa shape index (κ1) is 40.3. The molecular formula is C38H59N5O5S. The highest BCUT2D eigenvalue weighted by molar-refractivity contribution is 7.09. The Morgan fingerprint density at radius 3 is 2.35 bits per heavy atom. The number of hydrogen-bond donors (Lipinski definition) is 4. The van der Waals surface area contributed by atoms with E-state index in [1.54, 1.807) is 19.4 Å². The molecule has 0 aliphatic heterocycles. The summed E-state index contributed by atoms with van der Waals surface area (Å²) in [5, 5.41) is 22.8. The van der Waals surface area contributed by atoms with Crippen LogP contribution in [0.3, 0.4) is 0 Å². The zero-order valence-electron chi connectivity index (χ0n) is 30.9. The van der Waals surface area contributed by atoms with Crippen molar-refractivity contribution in [2.24, 2.45) is 17.8 Å². The lowest BCUT2D eigenvalue weighted by Gasteiger charge is -2.39. The molecule has 10 nitrogen and oxygen atoms in total. The zero-order valence-corrected chi connectivity index (χ0v) is 31.7. The van der Waals surface area contributed by atoms with Crippen LogP contribution in [-0.4, -0.2) is 76.3 Å². The van der Waals surface area contributed by atoms with Crippen LogP contribution in [0.25, 0.3) is 0 Å². The summed E-state index contributed by atoms with van der Waals surface area (Å²) >= 11 is 1.22. The molecule has 0 saturated heterocycles. The van der Waals surface area contributed by atoms with E-state index in [0.717, 1.165) is 17.5 Å². The Morgan fingerprint density at radius 2 is 1.76 bits per heavy atom. The van der Waals surface area contributed by atoms with Crippen LogP contribution in [0.5, 0.6) is 0 Å². The number of ketones is 1. The van der Waals surface area contributed by atoms with Crippen LogP contribution in [0.1, 0.15) is 126 Å². The summed E-state index contributed by atoms with van der Waals surface area (Å²) < 4.78 is 0. The van der Waals surface area contributed by atoms with E-state index in [1.807, 2.05) is 63.8 Å². The van der Waals surface area contributed by atoms with Gasteiger partial charge in [-0.1, -0.05) is 79.2 Å². The van der Waals surface area contributed by atoms with E-state index in [-0.39, 0.29) is 65.5 Å².